The molecule has 0 heterocycles. The van der Waals surface area contributed by atoms with Crippen LogP contribution in [0.15, 0.2) is 103 Å². The number of amides is 4. The van der Waals surface area contributed by atoms with Gasteiger partial charge >= 0.3 is 12.2 Å². The van der Waals surface area contributed by atoms with Gasteiger partial charge in [-0.1, -0.05) is 72.8 Å². The van der Waals surface area contributed by atoms with E-state index in [4.69, 9.17) is 10.5 Å². The first-order chi connectivity index (χ1) is 22.6. The normalized spacial score (nSPS) is 11.8. The fourth-order valence-corrected chi connectivity index (χ4v) is 4.85. The van der Waals surface area contributed by atoms with Gasteiger partial charge in [-0.25, -0.2) is 4.79 Å². The molecule has 4 aromatic carbocycles. The van der Waals surface area contributed by atoms with Crippen LogP contribution in [0.25, 0.3) is 0 Å². The van der Waals surface area contributed by atoms with Crippen molar-refractivity contribution < 1.29 is 32.3 Å². The lowest BCUT2D eigenvalue weighted by molar-refractivity contribution is -0.137. The number of benzene rings is 4. The largest absolute Gasteiger partial charge is 0.494 e. The molecule has 0 aliphatic carbocycles. The number of hydrogen-bond donors (Lipinski definition) is 3. The van der Waals surface area contributed by atoms with Crippen LogP contribution in [0.2, 0.25) is 0 Å². The fourth-order valence-electron chi connectivity index (χ4n) is 4.85. The Morgan fingerprint density at radius 2 is 1.49 bits per heavy atom. The van der Waals surface area contributed by atoms with E-state index in [2.05, 4.69) is 10.6 Å². The molecular formula is C36H37F3N4O4. The predicted octanol–water partition coefficient (Wildman–Crippen LogP) is 5.89. The van der Waals surface area contributed by atoms with E-state index in [-0.39, 0.29) is 25.1 Å². The Balaban J connectivity index is 1.62. The molecule has 0 aliphatic heterocycles. The molecule has 0 spiro atoms. The number of imide groups is 1. The van der Waals surface area contributed by atoms with E-state index in [0.717, 1.165) is 39.8 Å². The molecule has 0 unspecified atom stereocenters. The first-order valence-electron chi connectivity index (χ1n) is 15.2. The van der Waals surface area contributed by atoms with Gasteiger partial charge in [0.15, 0.2) is 0 Å². The summed E-state index contributed by atoms with van der Waals surface area (Å²) in [6, 6.07) is 25.5. The first kappa shape index (κ1) is 34.7. The van der Waals surface area contributed by atoms with Crippen LogP contribution in [0.3, 0.4) is 0 Å². The van der Waals surface area contributed by atoms with Crippen LogP contribution < -0.4 is 21.1 Å². The van der Waals surface area contributed by atoms with Crippen molar-refractivity contribution in [2.75, 3.05) is 13.2 Å². The number of nitrogens with zero attached hydrogens (tertiary/aromatic N) is 1. The summed E-state index contributed by atoms with van der Waals surface area (Å²) in [5.41, 5.74) is 7.64. The number of urea groups is 1. The molecule has 0 aliphatic rings. The Bertz CT molecular complexity index is 1630. The molecule has 0 saturated carbocycles. The zero-order chi connectivity index (χ0) is 33.8. The van der Waals surface area contributed by atoms with Crippen LogP contribution >= 0.6 is 0 Å². The number of hydrogen-bond acceptors (Lipinski definition) is 5. The summed E-state index contributed by atoms with van der Waals surface area (Å²) >= 11 is 0. The molecule has 1 atom stereocenters. The topological polar surface area (TPSA) is 114 Å². The number of alkyl halides is 3. The molecule has 0 radical (unpaired) electrons. The van der Waals surface area contributed by atoms with Gasteiger partial charge in [-0.2, -0.15) is 13.2 Å². The smallest absolute Gasteiger partial charge is 0.416 e. The SMILES string of the molecule is CCOc1ccc(C[C@@H](NC(=O)c2cccc(C(F)(F)F)c2)C(=O)N(CCc2ccccc2)C(=O)NCc2ccc(CN)cc2)cc1. The van der Waals surface area contributed by atoms with Gasteiger partial charge in [0.05, 0.1) is 12.2 Å². The highest BCUT2D eigenvalue weighted by molar-refractivity contribution is 6.01. The van der Waals surface area contributed by atoms with Gasteiger partial charge in [-0.15, -0.1) is 0 Å². The summed E-state index contributed by atoms with van der Waals surface area (Å²) in [4.78, 5) is 42.2. The van der Waals surface area contributed by atoms with Gasteiger partial charge in [0, 0.05) is 31.6 Å². The van der Waals surface area contributed by atoms with Gasteiger partial charge in [0.25, 0.3) is 11.8 Å². The summed E-state index contributed by atoms with van der Waals surface area (Å²) in [6.45, 7) is 2.78. The number of rotatable bonds is 13. The molecule has 246 valence electrons. The van der Waals surface area contributed by atoms with E-state index in [1.54, 1.807) is 24.3 Å². The van der Waals surface area contributed by atoms with Crippen molar-refractivity contribution in [2.45, 2.75) is 45.1 Å². The number of ether oxygens (including phenoxy) is 1. The molecule has 4 amide bonds. The van der Waals surface area contributed by atoms with E-state index >= 15 is 0 Å². The van der Waals surface area contributed by atoms with Crippen LogP contribution in [-0.4, -0.2) is 41.9 Å². The molecule has 47 heavy (non-hydrogen) atoms. The maximum absolute atomic E-state index is 14.2. The summed E-state index contributed by atoms with van der Waals surface area (Å²) in [5, 5.41) is 5.38. The number of halogens is 3. The van der Waals surface area contributed by atoms with Crippen LogP contribution in [-0.2, 0) is 36.9 Å². The average molecular weight is 647 g/mol. The highest BCUT2D eigenvalue weighted by atomic mass is 19.4. The van der Waals surface area contributed by atoms with E-state index in [1.165, 1.54) is 6.07 Å². The van der Waals surface area contributed by atoms with Crippen molar-refractivity contribution in [2.24, 2.45) is 5.73 Å². The summed E-state index contributed by atoms with van der Waals surface area (Å²) in [7, 11) is 0. The van der Waals surface area contributed by atoms with Gasteiger partial charge in [-0.05, 0) is 65.9 Å². The number of nitrogens with two attached hydrogens (primary N) is 1. The number of nitrogens with one attached hydrogen (secondary N) is 2. The lowest BCUT2D eigenvalue weighted by atomic mass is 10.0. The summed E-state index contributed by atoms with van der Waals surface area (Å²) < 4.78 is 45.7. The van der Waals surface area contributed by atoms with E-state index in [1.807, 2.05) is 61.5 Å². The third-order valence-electron chi connectivity index (χ3n) is 7.41. The molecule has 0 aromatic heterocycles. The fraction of sp³-hybridized carbons (Fsp3) is 0.250. The summed E-state index contributed by atoms with van der Waals surface area (Å²) in [6.07, 6.45) is -4.36. The number of carbonyl (C=O) groups excluding carboxylic acids is 3. The minimum atomic E-state index is -4.66. The Morgan fingerprint density at radius 1 is 0.830 bits per heavy atom. The van der Waals surface area contributed by atoms with Crippen molar-refractivity contribution in [3.05, 3.63) is 137 Å². The van der Waals surface area contributed by atoms with Crippen molar-refractivity contribution in [3.63, 3.8) is 0 Å². The van der Waals surface area contributed by atoms with Crippen molar-refractivity contribution in [3.8, 4) is 5.75 Å². The highest BCUT2D eigenvalue weighted by Gasteiger charge is 2.33. The first-order valence-corrected chi connectivity index (χ1v) is 15.2. The number of carbonyl (C=O) groups is 3. The minimum Gasteiger partial charge on any atom is -0.494 e. The zero-order valence-corrected chi connectivity index (χ0v) is 25.9. The Kier molecular flexibility index (Phi) is 12.1. The molecule has 4 aromatic rings. The van der Waals surface area contributed by atoms with Gasteiger partial charge in [-0.3, -0.25) is 14.5 Å². The zero-order valence-electron chi connectivity index (χ0n) is 25.9. The Labute approximate surface area is 271 Å². The van der Waals surface area contributed by atoms with Crippen molar-refractivity contribution >= 4 is 17.8 Å². The lowest BCUT2D eigenvalue weighted by Crippen LogP contribution is -2.54. The average Bonchev–Trinajstić information content (AvgIpc) is 3.08. The Morgan fingerprint density at radius 3 is 2.13 bits per heavy atom. The lowest BCUT2D eigenvalue weighted by Gasteiger charge is -2.27. The summed E-state index contributed by atoms with van der Waals surface area (Å²) in [5.74, 6) is -0.995. The molecule has 0 bridgehead atoms. The Hall–Kier alpha value is -5.16. The maximum Gasteiger partial charge on any atom is 0.416 e. The van der Waals surface area contributed by atoms with Crippen molar-refractivity contribution in [1.82, 2.24) is 15.5 Å². The minimum absolute atomic E-state index is 0.0139. The highest BCUT2D eigenvalue weighted by Crippen LogP contribution is 2.29. The second-order valence-corrected chi connectivity index (χ2v) is 10.8. The molecule has 4 rings (SSSR count). The molecule has 0 fully saturated rings. The van der Waals surface area contributed by atoms with Crippen LogP contribution in [0.5, 0.6) is 5.75 Å². The van der Waals surface area contributed by atoms with E-state index < -0.39 is 35.6 Å². The molecular weight excluding hydrogens is 609 g/mol. The third kappa shape index (κ3) is 10.2. The van der Waals surface area contributed by atoms with Crippen LogP contribution in [0, 0.1) is 0 Å². The molecule has 8 nitrogen and oxygen atoms in total. The second kappa shape index (κ2) is 16.4. The maximum atomic E-state index is 14.2. The van der Waals surface area contributed by atoms with E-state index in [9.17, 15) is 27.6 Å². The monoisotopic (exact) mass is 646 g/mol. The molecule has 0 saturated heterocycles. The van der Waals surface area contributed by atoms with Crippen molar-refractivity contribution in [1.29, 1.82) is 0 Å². The van der Waals surface area contributed by atoms with Gasteiger partial charge in [0.2, 0.25) is 0 Å². The second-order valence-electron chi connectivity index (χ2n) is 10.8. The van der Waals surface area contributed by atoms with Crippen LogP contribution in [0.4, 0.5) is 18.0 Å². The molecule has 4 N–H and O–H groups in total. The standard InChI is InChI=1S/C36H37F3N4O4/c1-2-47-31-17-15-26(16-18-31)21-32(42-33(44)29-9-6-10-30(22-29)36(37,38)39)34(45)43(20-19-25-7-4-3-5-8-25)35(46)41-24-28-13-11-27(23-40)12-14-28/h3-18,22,32H,2,19-21,23-24,40H2,1H3,(H,41,46)(H,42,44)/t32-/m1/s1. The van der Waals surface area contributed by atoms with E-state index in [0.29, 0.717) is 30.9 Å². The third-order valence-corrected chi connectivity index (χ3v) is 7.41. The predicted molar refractivity (Wildman–Crippen MR) is 172 cm³/mol. The van der Waals surface area contributed by atoms with Gasteiger partial charge < -0.3 is 21.1 Å². The van der Waals surface area contributed by atoms with Gasteiger partial charge in [0.1, 0.15) is 11.8 Å². The molecule has 11 heteroatoms. The van der Waals surface area contributed by atoms with Crippen LogP contribution in [0.1, 0.15) is 45.1 Å². The quantitative estimate of drug-likeness (QED) is 0.168.